The molecule has 1 amide bonds. The average Bonchev–Trinajstić information content (AvgIpc) is 3.00. The molecule has 0 spiro atoms. The van der Waals surface area contributed by atoms with E-state index < -0.39 is 0 Å². The Morgan fingerprint density at radius 3 is 2.59 bits per heavy atom. The van der Waals surface area contributed by atoms with E-state index in [4.69, 9.17) is 5.73 Å². The molecule has 0 saturated carbocycles. The molecular formula is C23H24N2OS. The van der Waals surface area contributed by atoms with Crippen molar-refractivity contribution in [3.05, 3.63) is 75.7 Å². The number of nitrogens with one attached hydrogen (secondary N) is 1. The van der Waals surface area contributed by atoms with E-state index in [-0.39, 0.29) is 5.91 Å². The topological polar surface area (TPSA) is 55.1 Å². The number of aryl methyl sites for hydroxylation is 3. The number of fused-ring (bicyclic) bond motifs is 1. The third-order valence-corrected chi connectivity index (χ3v) is 6.21. The number of hydrogen-bond donors (Lipinski definition) is 2. The first-order valence-electron chi connectivity index (χ1n) is 9.46. The van der Waals surface area contributed by atoms with Gasteiger partial charge in [0, 0.05) is 17.0 Å². The van der Waals surface area contributed by atoms with Gasteiger partial charge in [-0.1, -0.05) is 48.5 Å². The number of hydrogen-bond acceptors (Lipinski definition) is 3. The molecule has 3 N–H and O–H groups in total. The van der Waals surface area contributed by atoms with E-state index in [1.807, 2.05) is 37.3 Å². The number of rotatable bonds is 4. The van der Waals surface area contributed by atoms with Crippen molar-refractivity contribution < 1.29 is 4.79 Å². The Labute approximate surface area is 164 Å². The zero-order valence-electron chi connectivity index (χ0n) is 15.5. The van der Waals surface area contributed by atoms with Gasteiger partial charge in [-0.15, -0.1) is 11.3 Å². The van der Waals surface area contributed by atoms with Crippen molar-refractivity contribution in [1.29, 1.82) is 0 Å². The van der Waals surface area contributed by atoms with Gasteiger partial charge in [-0.25, -0.2) is 0 Å². The van der Waals surface area contributed by atoms with Crippen LogP contribution in [0, 0.1) is 6.92 Å². The maximum atomic E-state index is 13.0. The number of anilines is 1. The summed E-state index contributed by atoms with van der Waals surface area (Å²) in [6, 6.07) is 16.6. The van der Waals surface area contributed by atoms with Crippen LogP contribution in [0.2, 0.25) is 0 Å². The van der Waals surface area contributed by atoms with Crippen LogP contribution in [0.4, 0.5) is 5.00 Å². The molecule has 1 aliphatic carbocycles. The third kappa shape index (κ3) is 3.62. The van der Waals surface area contributed by atoms with Gasteiger partial charge in [0.05, 0.1) is 10.6 Å². The van der Waals surface area contributed by atoms with Crippen molar-refractivity contribution in [2.75, 3.05) is 5.73 Å². The second kappa shape index (κ2) is 7.57. The summed E-state index contributed by atoms with van der Waals surface area (Å²) in [6.45, 7) is 2.54. The maximum absolute atomic E-state index is 13.0. The fourth-order valence-corrected chi connectivity index (χ4v) is 4.84. The first kappa shape index (κ1) is 17.8. The molecule has 2 aromatic carbocycles. The average molecular weight is 377 g/mol. The van der Waals surface area contributed by atoms with Gasteiger partial charge >= 0.3 is 0 Å². The van der Waals surface area contributed by atoms with Crippen molar-refractivity contribution in [1.82, 2.24) is 5.32 Å². The fourth-order valence-electron chi connectivity index (χ4n) is 3.89. The zero-order chi connectivity index (χ0) is 18.8. The SMILES string of the molecule is Cc1sc(N)c(C(=O)NCc2ccccc2)c1-c1ccc2c(c1)CCCC2. The van der Waals surface area contributed by atoms with Crippen molar-refractivity contribution in [3.8, 4) is 11.1 Å². The molecular weight excluding hydrogens is 352 g/mol. The fraction of sp³-hybridized carbons (Fsp3) is 0.261. The summed E-state index contributed by atoms with van der Waals surface area (Å²) < 4.78 is 0. The van der Waals surface area contributed by atoms with Crippen LogP contribution in [-0.4, -0.2) is 5.91 Å². The van der Waals surface area contributed by atoms with Crippen molar-refractivity contribution >= 4 is 22.2 Å². The standard InChI is InChI=1S/C23H24N2OS/c1-15-20(19-12-11-17-9-5-6-10-18(17)13-19)21(22(24)27-15)23(26)25-14-16-7-3-2-4-8-16/h2-4,7-8,11-13H,5-6,9-10,14,24H2,1H3,(H,25,26). The molecule has 0 unspecified atom stereocenters. The van der Waals surface area contributed by atoms with Gasteiger partial charge in [-0.05, 0) is 54.9 Å². The van der Waals surface area contributed by atoms with Crippen LogP contribution >= 0.6 is 11.3 Å². The highest BCUT2D eigenvalue weighted by Crippen LogP contribution is 2.39. The number of thiophene rings is 1. The lowest BCUT2D eigenvalue weighted by Crippen LogP contribution is -2.23. The minimum Gasteiger partial charge on any atom is -0.390 e. The smallest absolute Gasteiger partial charge is 0.255 e. The van der Waals surface area contributed by atoms with Gasteiger partial charge in [-0.2, -0.15) is 0 Å². The highest BCUT2D eigenvalue weighted by atomic mass is 32.1. The molecule has 1 aliphatic rings. The monoisotopic (exact) mass is 376 g/mol. The van der Waals surface area contributed by atoms with E-state index in [1.54, 1.807) is 0 Å². The highest BCUT2D eigenvalue weighted by Gasteiger charge is 2.22. The van der Waals surface area contributed by atoms with E-state index in [1.165, 1.54) is 35.3 Å². The van der Waals surface area contributed by atoms with E-state index in [0.29, 0.717) is 17.1 Å². The molecule has 0 atom stereocenters. The molecule has 1 heterocycles. The highest BCUT2D eigenvalue weighted by molar-refractivity contribution is 7.16. The number of amides is 1. The molecule has 0 radical (unpaired) electrons. The summed E-state index contributed by atoms with van der Waals surface area (Å²) in [7, 11) is 0. The van der Waals surface area contributed by atoms with Crippen LogP contribution in [0.1, 0.15) is 44.8 Å². The van der Waals surface area contributed by atoms with E-state index in [0.717, 1.165) is 34.4 Å². The van der Waals surface area contributed by atoms with Crippen LogP contribution in [0.15, 0.2) is 48.5 Å². The molecule has 0 saturated heterocycles. The number of carbonyl (C=O) groups is 1. The Hall–Kier alpha value is -2.59. The summed E-state index contributed by atoms with van der Waals surface area (Å²) >= 11 is 1.50. The van der Waals surface area contributed by atoms with Crippen LogP contribution in [0.3, 0.4) is 0 Å². The zero-order valence-corrected chi connectivity index (χ0v) is 16.4. The van der Waals surface area contributed by atoms with Crippen LogP contribution < -0.4 is 11.1 Å². The Morgan fingerprint density at radius 2 is 1.81 bits per heavy atom. The molecule has 1 aromatic heterocycles. The maximum Gasteiger partial charge on any atom is 0.255 e. The molecule has 0 fully saturated rings. The lowest BCUT2D eigenvalue weighted by molar-refractivity contribution is 0.0953. The predicted molar refractivity (Wildman–Crippen MR) is 113 cm³/mol. The van der Waals surface area contributed by atoms with Crippen LogP contribution in [0.25, 0.3) is 11.1 Å². The molecule has 3 aromatic rings. The summed E-state index contributed by atoms with van der Waals surface area (Å²) in [5.74, 6) is -0.103. The number of carbonyl (C=O) groups excluding carboxylic acids is 1. The van der Waals surface area contributed by atoms with Crippen molar-refractivity contribution in [3.63, 3.8) is 0 Å². The Bertz CT molecular complexity index is 976. The minimum absolute atomic E-state index is 0.103. The molecule has 138 valence electrons. The number of nitrogens with two attached hydrogens (primary N) is 1. The van der Waals surface area contributed by atoms with Crippen molar-refractivity contribution in [2.45, 2.75) is 39.2 Å². The molecule has 27 heavy (non-hydrogen) atoms. The van der Waals surface area contributed by atoms with Gasteiger partial charge in [-0.3, -0.25) is 4.79 Å². The van der Waals surface area contributed by atoms with Crippen molar-refractivity contribution in [2.24, 2.45) is 0 Å². The largest absolute Gasteiger partial charge is 0.390 e. The Balaban J connectivity index is 1.65. The Morgan fingerprint density at radius 1 is 1.07 bits per heavy atom. The number of nitrogen functional groups attached to an aromatic ring is 1. The van der Waals surface area contributed by atoms with Crippen LogP contribution in [-0.2, 0) is 19.4 Å². The van der Waals surface area contributed by atoms with Gasteiger partial charge in [0.1, 0.15) is 0 Å². The summed E-state index contributed by atoms with van der Waals surface area (Å²) in [5, 5.41) is 3.62. The second-order valence-corrected chi connectivity index (χ2v) is 8.39. The van der Waals surface area contributed by atoms with Gasteiger partial charge < -0.3 is 11.1 Å². The molecule has 3 nitrogen and oxygen atoms in total. The molecule has 4 rings (SSSR count). The van der Waals surface area contributed by atoms with Gasteiger partial charge in [0.15, 0.2) is 0 Å². The number of benzene rings is 2. The first-order valence-corrected chi connectivity index (χ1v) is 10.3. The summed E-state index contributed by atoms with van der Waals surface area (Å²) in [5.41, 5.74) is 12.9. The summed E-state index contributed by atoms with van der Waals surface area (Å²) in [4.78, 5) is 14.0. The van der Waals surface area contributed by atoms with Gasteiger partial charge in [0.2, 0.25) is 0 Å². The first-order chi connectivity index (χ1) is 13.1. The molecule has 0 bridgehead atoms. The third-order valence-electron chi connectivity index (χ3n) is 5.27. The van der Waals surface area contributed by atoms with Gasteiger partial charge in [0.25, 0.3) is 5.91 Å². The van der Waals surface area contributed by atoms with Crippen LogP contribution in [0.5, 0.6) is 0 Å². The van der Waals surface area contributed by atoms with E-state index >= 15 is 0 Å². The van der Waals surface area contributed by atoms with E-state index in [9.17, 15) is 4.79 Å². The molecule has 0 aliphatic heterocycles. The lowest BCUT2D eigenvalue weighted by atomic mass is 9.88. The lowest BCUT2D eigenvalue weighted by Gasteiger charge is -2.17. The predicted octanol–water partition coefficient (Wildman–Crippen LogP) is 5.11. The minimum atomic E-state index is -0.103. The quantitative estimate of drug-likeness (QED) is 0.664. The second-order valence-electron chi connectivity index (χ2n) is 7.13. The van der Waals surface area contributed by atoms with E-state index in [2.05, 4.69) is 23.5 Å². The normalized spacial score (nSPS) is 13.2. The summed E-state index contributed by atoms with van der Waals surface area (Å²) in [6.07, 6.45) is 4.79. The Kier molecular flexibility index (Phi) is 4.99. The molecule has 4 heteroatoms.